The third kappa shape index (κ3) is 4.46. The van der Waals surface area contributed by atoms with Gasteiger partial charge in [-0.3, -0.25) is 4.90 Å². The smallest absolute Gasteiger partial charge is 0.0223 e. The second-order valence-corrected chi connectivity index (χ2v) is 7.49. The average Bonchev–Trinajstić information content (AvgIpc) is 2.45. The fourth-order valence-corrected chi connectivity index (χ4v) is 4.37. The van der Waals surface area contributed by atoms with Crippen LogP contribution in [-0.2, 0) is 0 Å². The molecule has 20 heavy (non-hydrogen) atoms. The lowest BCUT2D eigenvalue weighted by atomic mass is 9.77. The predicted molar refractivity (Wildman–Crippen MR) is 88.1 cm³/mol. The Labute approximate surface area is 126 Å². The molecule has 0 amide bonds. The molecule has 0 aromatic heterocycles. The number of rotatable bonds is 7. The van der Waals surface area contributed by atoms with Crippen LogP contribution in [0.4, 0.5) is 0 Å². The lowest BCUT2D eigenvalue weighted by Gasteiger charge is -2.48. The molecule has 2 heteroatoms. The molecule has 2 aliphatic rings. The minimum absolute atomic E-state index is 0.765. The molecule has 1 aliphatic heterocycles. The molecule has 0 aromatic rings. The number of piperidine rings is 1. The molecule has 3 atom stereocenters. The van der Waals surface area contributed by atoms with E-state index in [0.29, 0.717) is 0 Å². The fraction of sp³-hybridized carbons (Fsp3) is 1.00. The third-order valence-electron chi connectivity index (χ3n) is 5.31. The second-order valence-electron chi connectivity index (χ2n) is 7.49. The Bertz CT molecular complexity index is 262. The van der Waals surface area contributed by atoms with Gasteiger partial charge < -0.3 is 5.32 Å². The Morgan fingerprint density at radius 2 is 1.80 bits per heavy atom. The number of nitrogens with one attached hydrogen (secondary N) is 1. The summed E-state index contributed by atoms with van der Waals surface area (Å²) >= 11 is 0. The summed E-state index contributed by atoms with van der Waals surface area (Å²) in [6.07, 6.45) is 11.5. The van der Waals surface area contributed by atoms with Crippen molar-refractivity contribution in [3.8, 4) is 0 Å². The van der Waals surface area contributed by atoms with Crippen molar-refractivity contribution in [2.45, 2.75) is 84.2 Å². The number of nitrogens with zero attached hydrogens (tertiary/aromatic N) is 1. The molecule has 2 fully saturated rings. The molecule has 0 spiro atoms. The summed E-state index contributed by atoms with van der Waals surface area (Å²) in [5.41, 5.74) is 0. The molecule has 0 aromatic carbocycles. The van der Waals surface area contributed by atoms with Crippen LogP contribution in [0.25, 0.3) is 0 Å². The van der Waals surface area contributed by atoms with E-state index in [9.17, 15) is 0 Å². The van der Waals surface area contributed by atoms with Gasteiger partial charge in [0.2, 0.25) is 0 Å². The lowest BCUT2D eigenvalue weighted by molar-refractivity contribution is 0.0224. The van der Waals surface area contributed by atoms with Crippen LogP contribution >= 0.6 is 0 Å². The van der Waals surface area contributed by atoms with Crippen LogP contribution < -0.4 is 5.32 Å². The van der Waals surface area contributed by atoms with Crippen LogP contribution in [0.2, 0.25) is 0 Å². The van der Waals surface area contributed by atoms with Crippen LogP contribution in [0.5, 0.6) is 0 Å². The first kappa shape index (κ1) is 16.3. The van der Waals surface area contributed by atoms with Gasteiger partial charge in [0.05, 0.1) is 0 Å². The van der Waals surface area contributed by atoms with Crippen LogP contribution in [-0.4, -0.2) is 36.6 Å². The van der Waals surface area contributed by atoms with Gasteiger partial charge in [0.15, 0.2) is 0 Å². The van der Waals surface area contributed by atoms with Gasteiger partial charge in [-0.1, -0.05) is 40.0 Å². The van der Waals surface area contributed by atoms with Gasteiger partial charge in [0.25, 0.3) is 0 Å². The molecule has 3 unspecified atom stereocenters. The van der Waals surface area contributed by atoms with E-state index in [4.69, 9.17) is 0 Å². The zero-order valence-corrected chi connectivity index (χ0v) is 14.0. The van der Waals surface area contributed by atoms with Crippen molar-refractivity contribution in [2.24, 2.45) is 11.8 Å². The molecule has 118 valence electrons. The van der Waals surface area contributed by atoms with E-state index in [1.807, 2.05) is 0 Å². The van der Waals surface area contributed by atoms with Gasteiger partial charge in [-0.05, 0) is 57.0 Å². The summed E-state index contributed by atoms with van der Waals surface area (Å²) in [5.74, 6) is 1.78. The summed E-state index contributed by atoms with van der Waals surface area (Å²) in [6.45, 7) is 10.7. The maximum absolute atomic E-state index is 3.72. The van der Waals surface area contributed by atoms with Gasteiger partial charge >= 0.3 is 0 Å². The Morgan fingerprint density at radius 3 is 2.55 bits per heavy atom. The van der Waals surface area contributed by atoms with Crippen molar-refractivity contribution < 1.29 is 0 Å². The molecular weight excluding hydrogens is 244 g/mol. The zero-order valence-electron chi connectivity index (χ0n) is 14.0. The van der Waals surface area contributed by atoms with Gasteiger partial charge in [-0.15, -0.1) is 0 Å². The van der Waals surface area contributed by atoms with Crippen molar-refractivity contribution in [2.75, 3.05) is 19.6 Å². The molecule has 0 radical (unpaired) electrons. The van der Waals surface area contributed by atoms with E-state index >= 15 is 0 Å². The minimum Gasteiger partial charge on any atom is -0.315 e. The molecule has 2 nitrogen and oxygen atoms in total. The summed E-state index contributed by atoms with van der Waals surface area (Å²) in [4.78, 5) is 2.91. The molecule has 1 N–H and O–H groups in total. The molecular formula is C18H36N2. The Morgan fingerprint density at radius 1 is 1.05 bits per heavy atom. The standard InChI is InChI=1S/C18H36N2/c1-4-8-17(14-19-13-15(2)3)20-12-7-10-16-9-5-6-11-18(16)20/h15-19H,4-14H2,1-3H3. The van der Waals surface area contributed by atoms with Crippen molar-refractivity contribution in [3.63, 3.8) is 0 Å². The summed E-state index contributed by atoms with van der Waals surface area (Å²) < 4.78 is 0. The minimum atomic E-state index is 0.765. The fourth-order valence-electron chi connectivity index (χ4n) is 4.37. The van der Waals surface area contributed by atoms with Crippen molar-refractivity contribution in [1.82, 2.24) is 10.2 Å². The number of likely N-dealkylation sites (tertiary alicyclic amines) is 1. The summed E-state index contributed by atoms with van der Waals surface area (Å²) in [7, 11) is 0. The van der Waals surface area contributed by atoms with Crippen LogP contribution in [0.1, 0.15) is 72.1 Å². The van der Waals surface area contributed by atoms with Gasteiger partial charge in [0, 0.05) is 18.6 Å². The third-order valence-corrected chi connectivity index (χ3v) is 5.31. The largest absolute Gasteiger partial charge is 0.315 e. The normalized spacial score (nSPS) is 29.4. The Kier molecular flexibility index (Phi) is 6.83. The van der Waals surface area contributed by atoms with E-state index in [2.05, 4.69) is 31.0 Å². The van der Waals surface area contributed by atoms with E-state index in [1.165, 1.54) is 71.0 Å². The Hall–Kier alpha value is -0.0800. The first-order valence-electron chi connectivity index (χ1n) is 9.18. The second kappa shape index (κ2) is 8.38. The molecule has 1 aliphatic carbocycles. The topological polar surface area (TPSA) is 15.3 Å². The lowest BCUT2D eigenvalue weighted by Crippen LogP contribution is -2.54. The van der Waals surface area contributed by atoms with Crippen LogP contribution in [0.15, 0.2) is 0 Å². The van der Waals surface area contributed by atoms with Crippen molar-refractivity contribution >= 4 is 0 Å². The van der Waals surface area contributed by atoms with Gasteiger partial charge in [0.1, 0.15) is 0 Å². The highest BCUT2D eigenvalue weighted by Gasteiger charge is 2.36. The highest BCUT2D eigenvalue weighted by atomic mass is 15.2. The van der Waals surface area contributed by atoms with E-state index in [0.717, 1.165) is 23.9 Å². The van der Waals surface area contributed by atoms with Crippen LogP contribution in [0, 0.1) is 11.8 Å². The molecule has 2 rings (SSSR count). The first-order chi connectivity index (χ1) is 9.72. The summed E-state index contributed by atoms with van der Waals surface area (Å²) in [5, 5.41) is 3.72. The monoisotopic (exact) mass is 280 g/mol. The number of hydrogen-bond acceptors (Lipinski definition) is 2. The van der Waals surface area contributed by atoms with Crippen molar-refractivity contribution in [3.05, 3.63) is 0 Å². The highest BCUT2D eigenvalue weighted by Crippen LogP contribution is 2.36. The van der Waals surface area contributed by atoms with Crippen LogP contribution in [0.3, 0.4) is 0 Å². The van der Waals surface area contributed by atoms with Crippen molar-refractivity contribution in [1.29, 1.82) is 0 Å². The first-order valence-corrected chi connectivity index (χ1v) is 9.18. The van der Waals surface area contributed by atoms with E-state index < -0.39 is 0 Å². The number of fused-ring (bicyclic) bond motifs is 1. The number of hydrogen-bond donors (Lipinski definition) is 1. The molecule has 1 saturated carbocycles. The predicted octanol–water partition coefficient (Wildman–Crippen LogP) is 4.06. The maximum Gasteiger partial charge on any atom is 0.0223 e. The molecule has 1 saturated heterocycles. The van der Waals surface area contributed by atoms with E-state index in [1.54, 1.807) is 0 Å². The Balaban J connectivity index is 1.91. The zero-order chi connectivity index (χ0) is 14.4. The van der Waals surface area contributed by atoms with Gasteiger partial charge in [-0.2, -0.15) is 0 Å². The SMILES string of the molecule is CCCC(CNCC(C)C)N1CCCC2CCCCC21. The average molecular weight is 280 g/mol. The maximum atomic E-state index is 3.72. The summed E-state index contributed by atoms with van der Waals surface area (Å²) in [6, 6.07) is 1.69. The highest BCUT2D eigenvalue weighted by molar-refractivity contribution is 4.91. The quantitative estimate of drug-likeness (QED) is 0.756. The van der Waals surface area contributed by atoms with E-state index in [-0.39, 0.29) is 0 Å². The molecule has 1 heterocycles. The molecule has 0 bridgehead atoms. The van der Waals surface area contributed by atoms with Gasteiger partial charge in [-0.25, -0.2) is 0 Å².